The van der Waals surface area contributed by atoms with Gasteiger partial charge in [0.25, 0.3) is 0 Å². The van der Waals surface area contributed by atoms with E-state index in [0.717, 1.165) is 32.1 Å². The highest BCUT2D eigenvalue weighted by Crippen LogP contribution is 2.27. The Balaban J connectivity index is 1.75. The van der Waals surface area contributed by atoms with Crippen LogP contribution in [0.3, 0.4) is 0 Å². The topological polar surface area (TPSA) is 78.4 Å². The maximum atomic E-state index is 12.1. The molecule has 0 aromatic rings. The maximum Gasteiger partial charge on any atom is 0.315 e. The van der Waals surface area contributed by atoms with Crippen LogP contribution in [0.15, 0.2) is 0 Å². The average Bonchev–Trinajstić information content (AvgIpc) is 2.47. The van der Waals surface area contributed by atoms with Gasteiger partial charge < -0.3 is 15.7 Å². The molecule has 21 heavy (non-hydrogen) atoms. The number of hydrogen-bond donors (Lipinski definition) is 3. The normalized spacial score (nSPS) is 33.2. The number of nitrogens with one attached hydrogen (secondary N) is 2. The summed E-state index contributed by atoms with van der Waals surface area (Å²) in [5.41, 5.74) is 0. The molecule has 2 aliphatic carbocycles. The van der Waals surface area contributed by atoms with E-state index < -0.39 is 5.97 Å². The highest BCUT2D eigenvalue weighted by atomic mass is 32.2. The summed E-state index contributed by atoms with van der Waals surface area (Å²) in [5.74, 6) is -1.04. The molecule has 0 saturated heterocycles. The van der Waals surface area contributed by atoms with Crippen molar-refractivity contribution in [3.05, 3.63) is 0 Å². The molecule has 4 unspecified atom stereocenters. The molecule has 6 heteroatoms. The van der Waals surface area contributed by atoms with E-state index in [-0.39, 0.29) is 24.0 Å². The number of aliphatic carboxylic acids is 1. The van der Waals surface area contributed by atoms with E-state index in [1.165, 1.54) is 12.8 Å². The number of carboxylic acid groups (broad SMARTS) is 1. The molecule has 0 aromatic carbocycles. The second-order valence-electron chi connectivity index (χ2n) is 6.24. The Morgan fingerprint density at radius 1 is 1.00 bits per heavy atom. The molecule has 2 amide bonds. The summed E-state index contributed by atoms with van der Waals surface area (Å²) in [6.45, 7) is 0. The quantitative estimate of drug-likeness (QED) is 0.745. The molecule has 0 radical (unpaired) electrons. The van der Waals surface area contributed by atoms with Gasteiger partial charge >= 0.3 is 12.0 Å². The number of carboxylic acids is 1. The predicted octanol–water partition coefficient (Wildman–Crippen LogP) is 2.60. The van der Waals surface area contributed by atoms with Gasteiger partial charge in [0.2, 0.25) is 0 Å². The minimum atomic E-state index is -0.739. The van der Waals surface area contributed by atoms with Crippen LogP contribution in [-0.4, -0.2) is 40.7 Å². The van der Waals surface area contributed by atoms with Crippen LogP contribution >= 0.6 is 11.8 Å². The Morgan fingerprint density at radius 2 is 1.62 bits per heavy atom. The lowest BCUT2D eigenvalue weighted by Gasteiger charge is -2.31. The Labute approximate surface area is 130 Å². The number of rotatable bonds is 4. The number of carbonyl (C=O) groups is 2. The molecule has 3 N–H and O–H groups in total. The molecule has 0 aromatic heterocycles. The van der Waals surface area contributed by atoms with Crippen molar-refractivity contribution in [2.24, 2.45) is 5.92 Å². The third-order valence-electron chi connectivity index (χ3n) is 4.65. The number of carbonyl (C=O) groups excluding carboxylic acids is 1. The summed E-state index contributed by atoms with van der Waals surface area (Å²) < 4.78 is 0. The first-order valence-electron chi connectivity index (χ1n) is 7.91. The van der Waals surface area contributed by atoms with Gasteiger partial charge in [0.05, 0.1) is 5.92 Å². The summed E-state index contributed by atoms with van der Waals surface area (Å²) in [6.07, 6.45) is 9.67. The molecule has 0 spiro atoms. The number of hydrogen-bond acceptors (Lipinski definition) is 3. The smallest absolute Gasteiger partial charge is 0.315 e. The molecule has 4 atom stereocenters. The van der Waals surface area contributed by atoms with Crippen molar-refractivity contribution < 1.29 is 14.7 Å². The Morgan fingerprint density at radius 3 is 2.24 bits per heavy atom. The Kier molecular flexibility index (Phi) is 6.21. The summed E-state index contributed by atoms with van der Waals surface area (Å²) >= 11 is 1.88. The molecule has 5 nitrogen and oxygen atoms in total. The molecule has 0 heterocycles. The second-order valence-corrected chi connectivity index (χ2v) is 7.38. The fourth-order valence-corrected chi connectivity index (χ4v) is 4.27. The molecule has 0 aliphatic heterocycles. The second kappa shape index (κ2) is 7.92. The molecule has 2 saturated carbocycles. The molecule has 120 valence electrons. The molecule has 2 rings (SSSR count). The first-order valence-corrected chi connectivity index (χ1v) is 9.20. The van der Waals surface area contributed by atoms with Gasteiger partial charge in [0, 0.05) is 17.3 Å². The average molecular weight is 314 g/mol. The SMILES string of the molecule is CSC1CCCC(NC(=O)NC2CCCC(C(=O)O)C2)C1. The van der Waals surface area contributed by atoms with Crippen LogP contribution < -0.4 is 10.6 Å². The van der Waals surface area contributed by atoms with Crippen molar-refractivity contribution in [3.63, 3.8) is 0 Å². The lowest BCUT2D eigenvalue weighted by molar-refractivity contribution is -0.143. The minimum Gasteiger partial charge on any atom is -0.481 e. The molecule has 2 aliphatic rings. The number of amides is 2. The fraction of sp³-hybridized carbons (Fsp3) is 0.867. The van der Waals surface area contributed by atoms with E-state index in [4.69, 9.17) is 5.11 Å². The minimum absolute atomic E-state index is 0.000197. The number of thioether (sulfide) groups is 1. The summed E-state index contributed by atoms with van der Waals surface area (Å²) in [7, 11) is 0. The van der Waals surface area contributed by atoms with Crippen LogP contribution in [-0.2, 0) is 4.79 Å². The van der Waals surface area contributed by atoms with Crippen molar-refractivity contribution in [3.8, 4) is 0 Å². The van der Waals surface area contributed by atoms with Crippen LogP contribution in [0.25, 0.3) is 0 Å². The van der Waals surface area contributed by atoms with Crippen molar-refractivity contribution >= 4 is 23.8 Å². The van der Waals surface area contributed by atoms with Crippen molar-refractivity contribution in [2.75, 3.05) is 6.26 Å². The van der Waals surface area contributed by atoms with Crippen molar-refractivity contribution in [1.82, 2.24) is 10.6 Å². The van der Waals surface area contributed by atoms with Crippen molar-refractivity contribution in [1.29, 1.82) is 0 Å². The molecular formula is C15H26N2O3S. The lowest BCUT2D eigenvalue weighted by atomic mass is 9.86. The molecule has 2 fully saturated rings. The predicted molar refractivity (Wildman–Crippen MR) is 84.6 cm³/mol. The van der Waals surface area contributed by atoms with E-state index in [0.29, 0.717) is 11.7 Å². The van der Waals surface area contributed by atoms with E-state index in [1.54, 1.807) is 0 Å². The fourth-order valence-electron chi connectivity index (χ4n) is 3.45. The van der Waals surface area contributed by atoms with E-state index in [9.17, 15) is 9.59 Å². The zero-order valence-corrected chi connectivity index (χ0v) is 13.5. The first-order chi connectivity index (χ1) is 10.1. The van der Waals surface area contributed by atoms with Gasteiger partial charge in [-0.1, -0.05) is 12.8 Å². The van der Waals surface area contributed by atoms with E-state index in [2.05, 4.69) is 16.9 Å². The van der Waals surface area contributed by atoms with Gasteiger partial charge in [-0.25, -0.2) is 4.79 Å². The van der Waals surface area contributed by atoms with Crippen LogP contribution in [0.1, 0.15) is 51.4 Å². The van der Waals surface area contributed by atoms with Crippen LogP contribution in [0.2, 0.25) is 0 Å². The largest absolute Gasteiger partial charge is 0.481 e. The van der Waals surface area contributed by atoms with Gasteiger partial charge in [-0.3, -0.25) is 4.79 Å². The molecule has 0 bridgehead atoms. The van der Waals surface area contributed by atoms with Gasteiger partial charge in [-0.2, -0.15) is 11.8 Å². The Hall–Kier alpha value is -0.910. The highest BCUT2D eigenvalue weighted by Gasteiger charge is 2.29. The van der Waals surface area contributed by atoms with Gasteiger partial charge in [0.1, 0.15) is 0 Å². The summed E-state index contributed by atoms with van der Waals surface area (Å²) in [5, 5.41) is 15.8. The van der Waals surface area contributed by atoms with E-state index >= 15 is 0 Å². The third-order valence-corrected chi connectivity index (χ3v) is 5.75. The van der Waals surface area contributed by atoms with Crippen LogP contribution in [0.5, 0.6) is 0 Å². The van der Waals surface area contributed by atoms with Crippen molar-refractivity contribution in [2.45, 2.75) is 68.7 Å². The summed E-state index contributed by atoms with van der Waals surface area (Å²) in [6, 6.07) is 0.132. The van der Waals surface area contributed by atoms with Gasteiger partial charge in [0.15, 0.2) is 0 Å². The Bertz CT molecular complexity index is 378. The zero-order chi connectivity index (χ0) is 15.2. The summed E-state index contributed by atoms with van der Waals surface area (Å²) in [4.78, 5) is 23.1. The monoisotopic (exact) mass is 314 g/mol. The third kappa shape index (κ3) is 5.09. The van der Waals surface area contributed by atoms with Crippen LogP contribution in [0, 0.1) is 5.92 Å². The van der Waals surface area contributed by atoms with E-state index in [1.807, 2.05) is 11.8 Å². The zero-order valence-electron chi connectivity index (χ0n) is 12.6. The molecular weight excluding hydrogens is 288 g/mol. The number of urea groups is 1. The lowest BCUT2D eigenvalue weighted by Crippen LogP contribution is -2.49. The highest BCUT2D eigenvalue weighted by molar-refractivity contribution is 7.99. The van der Waals surface area contributed by atoms with Gasteiger partial charge in [-0.15, -0.1) is 0 Å². The maximum absolute atomic E-state index is 12.1. The standard InChI is InChI=1S/C15H26N2O3S/c1-21-13-7-3-6-12(9-13)17-15(20)16-11-5-2-4-10(8-11)14(18)19/h10-13H,2-9H2,1H3,(H,18,19)(H2,16,17,20). The van der Waals surface area contributed by atoms with Crippen LogP contribution in [0.4, 0.5) is 4.79 Å². The first kappa shape index (κ1) is 16.5. The van der Waals surface area contributed by atoms with Gasteiger partial charge in [-0.05, 0) is 44.8 Å².